The number of esters is 1. The molecule has 0 bridgehead atoms. The van der Waals surface area contributed by atoms with Gasteiger partial charge < -0.3 is 14.2 Å². The summed E-state index contributed by atoms with van der Waals surface area (Å²) < 4.78 is 19.3. The Balaban J connectivity index is 1.78. The van der Waals surface area contributed by atoms with Crippen LogP contribution in [0.1, 0.15) is 50.4 Å². The molecule has 0 aliphatic carbocycles. The van der Waals surface area contributed by atoms with Crippen LogP contribution in [0, 0.1) is 0 Å². The molecule has 210 valence electrons. The van der Waals surface area contributed by atoms with Gasteiger partial charge in [0.1, 0.15) is 11.5 Å². The highest BCUT2D eigenvalue weighted by Crippen LogP contribution is 2.35. The first-order valence-corrected chi connectivity index (χ1v) is 14.5. The number of hydrogen-bond acceptors (Lipinski definition) is 7. The maximum atomic E-state index is 14.1. The number of thiazole rings is 1. The van der Waals surface area contributed by atoms with Gasteiger partial charge in [0.05, 0.1) is 41.2 Å². The maximum absolute atomic E-state index is 14.1. The van der Waals surface area contributed by atoms with Crippen molar-refractivity contribution in [1.29, 1.82) is 0 Å². The number of hydrogen-bond donors (Lipinski definition) is 0. The van der Waals surface area contributed by atoms with Crippen molar-refractivity contribution in [2.75, 3.05) is 13.2 Å². The molecule has 0 N–H and O–H groups in total. The Morgan fingerprint density at radius 3 is 2.37 bits per heavy atom. The number of para-hydroxylation sites is 1. The van der Waals surface area contributed by atoms with E-state index < -0.39 is 12.0 Å². The van der Waals surface area contributed by atoms with E-state index >= 15 is 0 Å². The fourth-order valence-corrected chi connectivity index (χ4v) is 5.76. The zero-order chi connectivity index (χ0) is 28.9. The van der Waals surface area contributed by atoms with Gasteiger partial charge in [-0.15, -0.1) is 0 Å². The van der Waals surface area contributed by atoms with Crippen LogP contribution in [0.3, 0.4) is 0 Å². The van der Waals surface area contributed by atoms with Crippen molar-refractivity contribution in [2.45, 2.75) is 39.8 Å². The van der Waals surface area contributed by atoms with Crippen LogP contribution in [-0.4, -0.2) is 29.9 Å². The highest BCUT2D eigenvalue weighted by Gasteiger charge is 2.35. The summed E-state index contributed by atoms with van der Waals surface area (Å²) in [4.78, 5) is 33.1. The van der Waals surface area contributed by atoms with Crippen molar-refractivity contribution >= 4 is 29.1 Å². The molecule has 0 saturated heterocycles. The molecule has 8 heteroatoms. The average molecular weight is 569 g/mol. The summed E-state index contributed by atoms with van der Waals surface area (Å²) in [5, 5.41) is 0. The van der Waals surface area contributed by atoms with E-state index in [-0.39, 0.29) is 18.3 Å². The predicted molar refractivity (Wildman–Crippen MR) is 161 cm³/mol. The summed E-state index contributed by atoms with van der Waals surface area (Å²) in [6, 6.07) is 23.8. The molecule has 41 heavy (non-hydrogen) atoms. The first-order chi connectivity index (χ1) is 19.9. The van der Waals surface area contributed by atoms with Gasteiger partial charge in [0.25, 0.3) is 5.56 Å². The zero-order valence-electron chi connectivity index (χ0n) is 23.5. The molecule has 0 amide bonds. The SMILES string of the molecule is CCOC(=O)C1=C(c2ccccc2)N=c2s/c(=C\c3ccccc3OC(C)C)c(=O)n2[C@@H]1c1ccc(OCC)cc1. The standard InChI is InChI=1S/C33H32N2O5S/c1-5-38-25-18-16-23(17-19-25)30-28(32(37)39-6-2)29(22-12-8-7-9-13-22)34-33-35(30)31(36)27(41-33)20-24-14-10-11-15-26(24)40-21(3)4/h7-21,30H,5-6H2,1-4H3/b27-20-/t30-/m1/s1. The van der Waals surface area contributed by atoms with Crippen LogP contribution in [0.25, 0.3) is 11.8 Å². The topological polar surface area (TPSA) is 79.1 Å². The first-order valence-electron chi connectivity index (χ1n) is 13.7. The van der Waals surface area contributed by atoms with Crippen LogP contribution in [0.5, 0.6) is 11.5 Å². The summed E-state index contributed by atoms with van der Waals surface area (Å²) in [5.41, 5.74) is 2.85. The van der Waals surface area contributed by atoms with Crippen molar-refractivity contribution in [3.8, 4) is 11.5 Å². The molecule has 0 saturated carbocycles. The minimum atomic E-state index is -0.750. The van der Waals surface area contributed by atoms with Crippen LogP contribution >= 0.6 is 11.3 Å². The van der Waals surface area contributed by atoms with Crippen LogP contribution in [0.2, 0.25) is 0 Å². The van der Waals surface area contributed by atoms with Crippen molar-refractivity contribution in [1.82, 2.24) is 4.57 Å². The van der Waals surface area contributed by atoms with E-state index in [9.17, 15) is 9.59 Å². The second kappa shape index (κ2) is 12.4. The molecule has 1 aromatic heterocycles. The predicted octanol–water partition coefficient (Wildman–Crippen LogP) is 5.12. The minimum Gasteiger partial charge on any atom is -0.494 e. The van der Waals surface area contributed by atoms with Crippen LogP contribution in [-0.2, 0) is 9.53 Å². The van der Waals surface area contributed by atoms with Gasteiger partial charge in [-0.1, -0.05) is 72.0 Å². The number of benzene rings is 3. The lowest BCUT2D eigenvalue weighted by Gasteiger charge is -2.26. The van der Waals surface area contributed by atoms with Gasteiger partial charge in [0.2, 0.25) is 0 Å². The van der Waals surface area contributed by atoms with Crippen molar-refractivity contribution < 1.29 is 19.0 Å². The third-order valence-electron chi connectivity index (χ3n) is 6.45. The van der Waals surface area contributed by atoms with Gasteiger partial charge in [0.15, 0.2) is 4.80 Å². The molecule has 1 atom stereocenters. The maximum Gasteiger partial charge on any atom is 0.338 e. The molecule has 2 heterocycles. The summed E-state index contributed by atoms with van der Waals surface area (Å²) in [6.07, 6.45) is 1.80. The van der Waals surface area contributed by atoms with E-state index in [2.05, 4.69) is 0 Å². The lowest BCUT2D eigenvalue weighted by molar-refractivity contribution is -0.138. The highest BCUT2D eigenvalue weighted by atomic mass is 32.1. The second-order valence-electron chi connectivity index (χ2n) is 9.64. The van der Waals surface area contributed by atoms with Gasteiger partial charge in [-0.05, 0) is 57.5 Å². The monoisotopic (exact) mass is 568 g/mol. The Hall–Kier alpha value is -4.43. The number of carbonyl (C=O) groups is 1. The normalized spacial score (nSPS) is 15.0. The van der Waals surface area contributed by atoms with Gasteiger partial charge in [-0.2, -0.15) is 0 Å². The second-order valence-corrected chi connectivity index (χ2v) is 10.6. The number of rotatable bonds is 9. The lowest BCUT2D eigenvalue weighted by atomic mass is 9.93. The van der Waals surface area contributed by atoms with Crippen LogP contribution in [0.4, 0.5) is 0 Å². The Kier molecular flexibility index (Phi) is 8.50. The van der Waals surface area contributed by atoms with E-state index in [4.69, 9.17) is 19.2 Å². The number of aromatic nitrogens is 1. The molecule has 0 fully saturated rings. The third-order valence-corrected chi connectivity index (χ3v) is 7.43. The Morgan fingerprint density at radius 1 is 0.976 bits per heavy atom. The van der Waals surface area contributed by atoms with Gasteiger partial charge in [-0.3, -0.25) is 9.36 Å². The third kappa shape index (κ3) is 5.88. The van der Waals surface area contributed by atoms with Crippen molar-refractivity contribution in [3.63, 3.8) is 0 Å². The molecule has 1 aliphatic rings. The van der Waals surface area contributed by atoms with Gasteiger partial charge >= 0.3 is 5.97 Å². The van der Waals surface area contributed by atoms with E-state index in [1.54, 1.807) is 11.5 Å². The first kappa shape index (κ1) is 28.1. The number of ether oxygens (including phenoxy) is 3. The molecular formula is C33H32N2O5S. The van der Waals surface area contributed by atoms with Crippen molar-refractivity contribution in [3.05, 3.63) is 121 Å². The van der Waals surface area contributed by atoms with E-state index in [0.29, 0.717) is 38.7 Å². The zero-order valence-corrected chi connectivity index (χ0v) is 24.3. The average Bonchev–Trinajstić information content (AvgIpc) is 3.28. The summed E-state index contributed by atoms with van der Waals surface area (Å²) in [5.74, 6) is 0.878. The molecule has 5 rings (SSSR count). The molecule has 7 nitrogen and oxygen atoms in total. The smallest absolute Gasteiger partial charge is 0.338 e. The van der Waals surface area contributed by atoms with E-state index in [1.165, 1.54) is 11.3 Å². The summed E-state index contributed by atoms with van der Waals surface area (Å²) in [6.45, 7) is 8.33. The summed E-state index contributed by atoms with van der Waals surface area (Å²) >= 11 is 1.28. The Morgan fingerprint density at radius 2 is 1.68 bits per heavy atom. The molecule has 0 radical (unpaired) electrons. The minimum absolute atomic E-state index is 0.0222. The quantitative estimate of drug-likeness (QED) is 0.262. The fourth-order valence-electron chi connectivity index (χ4n) is 4.77. The number of fused-ring (bicyclic) bond motifs is 1. The van der Waals surface area contributed by atoms with E-state index in [0.717, 1.165) is 16.7 Å². The van der Waals surface area contributed by atoms with Crippen LogP contribution in [0.15, 0.2) is 94.2 Å². The van der Waals surface area contributed by atoms with Crippen molar-refractivity contribution in [2.24, 2.45) is 4.99 Å². The highest BCUT2D eigenvalue weighted by molar-refractivity contribution is 7.07. The van der Waals surface area contributed by atoms with E-state index in [1.807, 2.05) is 106 Å². The summed E-state index contributed by atoms with van der Waals surface area (Å²) in [7, 11) is 0. The van der Waals surface area contributed by atoms with Gasteiger partial charge in [0, 0.05) is 11.1 Å². The molecule has 3 aromatic carbocycles. The molecule has 0 unspecified atom stereocenters. The Bertz CT molecular complexity index is 1750. The molecule has 1 aliphatic heterocycles. The molecular weight excluding hydrogens is 536 g/mol. The van der Waals surface area contributed by atoms with Crippen LogP contribution < -0.4 is 24.4 Å². The fraction of sp³-hybridized carbons (Fsp3) is 0.242. The largest absolute Gasteiger partial charge is 0.494 e. The number of nitrogens with zero attached hydrogens (tertiary/aromatic N) is 2. The van der Waals surface area contributed by atoms with Gasteiger partial charge in [-0.25, -0.2) is 9.79 Å². The number of carbonyl (C=O) groups excluding carboxylic acids is 1. The molecule has 4 aromatic rings. The lowest BCUT2D eigenvalue weighted by Crippen LogP contribution is -2.40. The Labute approximate surface area is 242 Å². The molecule has 0 spiro atoms.